The maximum Gasteiger partial charge on any atom is 0.487 e. The molecular weight excluding hydrogens is 556 g/mol. The molecular formula is C29H24ClF2N5O4. The number of anilines is 1. The van der Waals surface area contributed by atoms with E-state index in [-0.39, 0.29) is 23.7 Å². The molecule has 4 aromatic rings. The number of hydrogen-bond acceptors (Lipinski definition) is 6. The van der Waals surface area contributed by atoms with Crippen LogP contribution in [0.1, 0.15) is 58.0 Å². The smallest absolute Gasteiger partial charge is 0.420 e. The van der Waals surface area contributed by atoms with Gasteiger partial charge in [-0.1, -0.05) is 0 Å². The maximum absolute atomic E-state index is 13.4. The van der Waals surface area contributed by atoms with E-state index in [1.54, 1.807) is 18.3 Å². The minimum Gasteiger partial charge on any atom is -0.420 e. The van der Waals surface area contributed by atoms with E-state index in [2.05, 4.69) is 19.6 Å². The number of alkyl halides is 3. The first-order chi connectivity index (χ1) is 19.6. The van der Waals surface area contributed by atoms with Gasteiger partial charge >= 0.3 is 5.57 Å². The Morgan fingerprint density at radius 2 is 1.95 bits per heavy atom. The normalized spacial score (nSPS) is 18.4. The summed E-state index contributed by atoms with van der Waals surface area (Å²) in [6.45, 7) is 3.42. The van der Waals surface area contributed by atoms with Gasteiger partial charge in [0.25, 0.3) is 11.8 Å². The fourth-order valence-electron chi connectivity index (χ4n) is 5.57. The molecule has 4 heterocycles. The summed E-state index contributed by atoms with van der Waals surface area (Å²) < 4.78 is 38.0. The Bertz CT molecular complexity index is 1720. The van der Waals surface area contributed by atoms with Crippen LogP contribution < -0.4 is 10.1 Å². The van der Waals surface area contributed by atoms with Crippen LogP contribution in [0.15, 0.2) is 48.7 Å². The van der Waals surface area contributed by atoms with Gasteiger partial charge in [0, 0.05) is 46.2 Å². The van der Waals surface area contributed by atoms with Crippen molar-refractivity contribution >= 4 is 40.1 Å². The average Bonchev–Trinajstić information content (AvgIpc) is 3.62. The third-order valence-electron chi connectivity index (χ3n) is 7.58. The molecule has 0 saturated heterocycles. The molecule has 2 aliphatic heterocycles. The van der Waals surface area contributed by atoms with E-state index >= 15 is 0 Å². The zero-order valence-corrected chi connectivity index (χ0v) is 22.6. The average molecular weight is 580 g/mol. The van der Waals surface area contributed by atoms with Crippen molar-refractivity contribution in [3.05, 3.63) is 71.3 Å². The SMILES string of the molecule is C[C@@H]1COCc2nc3cc(C(=O)Nc4ccc(OC(F)(F)Cl)cc4)cc(-c4cnc5c(c4)C(=O)N(C4CC4)C5)c3n21. The van der Waals surface area contributed by atoms with Gasteiger partial charge in [-0.2, -0.15) is 0 Å². The number of nitrogens with zero attached hydrogens (tertiary/aromatic N) is 4. The Kier molecular flexibility index (Phi) is 5.98. The fraction of sp³-hybridized carbons (Fsp3) is 0.310. The monoisotopic (exact) mass is 579 g/mol. The highest BCUT2D eigenvalue weighted by Crippen LogP contribution is 2.38. The molecule has 1 aliphatic carbocycles. The molecule has 9 nitrogen and oxygen atoms in total. The number of halogens is 3. The number of ether oxygens (including phenoxy) is 2. The van der Waals surface area contributed by atoms with Crippen molar-refractivity contribution in [2.75, 3.05) is 11.9 Å². The summed E-state index contributed by atoms with van der Waals surface area (Å²) in [7, 11) is 0. The summed E-state index contributed by atoms with van der Waals surface area (Å²) in [4.78, 5) is 37.9. The Morgan fingerprint density at radius 1 is 1.17 bits per heavy atom. The minimum absolute atomic E-state index is 0.0117. The van der Waals surface area contributed by atoms with Gasteiger partial charge in [-0.05, 0) is 62.2 Å². The number of amides is 2. The third kappa shape index (κ3) is 4.78. The van der Waals surface area contributed by atoms with Crippen LogP contribution >= 0.6 is 11.6 Å². The van der Waals surface area contributed by atoms with E-state index < -0.39 is 11.5 Å². The Hall–Kier alpha value is -4.09. The van der Waals surface area contributed by atoms with Crippen LogP contribution in [0, 0.1) is 0 Å². The summed E-state index contributed by atoms with van der Waals surface area (Å²) in [5.41, 5.74) is 1.08. The van der Waals surface area contributed by atoms with Crippen LogP contribution in [0.4, 0.5) is 14.5 Å². The van der Waals surface area contributed by atoms with Crippen LogP contribution in [0.2, 0.25) is 0 Å². The number of carbonyl (C=O) groups excluding carboxylic acids is 2. The zero-order chi connectivity index (χ0) is 28.5. The van der Waals surface area contributed by atoms with Crippen molar-refractivity contribution < 1.29 is 27.8 Å². The predicted octanol–water partition coefficient (Wildman–Crippen LogP) is 5.73. The number of benzene rings is 2. The first-order valence-corrected chi connectivity index (χ1v) is 13.6. The number of hydrogen-bond donors (Lipinski definition) is 1. The Morgan fingerprint density at radius 3 is 2.68 bits per heavy atom. The van der Waals surface area contributed by atoms with Crippen molar-refractivity contribution in [1.82, 2.24) is 19.4 Å². The molecule has 1 fully saturated rings. The molecule has 41 heavy (non-hydrogen) atoms. The van der Waals surface area contributed by atoms with E-state index in [1.165, 1.54) is 24.3 Å². The van der Waals surface area contributed by atoms with Gasteiger partial charge in [-0.25, -0.2) is 4.98 Å². The highest BCUT2D eigenvalue weighted by molar-refractivity contribution is 6.20. The van der Waals surface area contributed by atoms with Crippen molar-refractivity contribution in [3.63, 3.8) is 0 Å². The van der Waals surface area contributed by atoms with Crippen LogP contribution in [-0.2, 0) is 17.9 Å². The molecule has 7 rings (SSSR count). The molecule has 210 valence electrons. The summed E-state index contributed by atoms with van der Waals surface area (Å²) in [5, 5.41) is 2.79. The van der Waals surface area contributed by atoms with Crippen molar-refractivity contribution in [3.8, 4) is 16.9 Å². The lowest BCUT2D eigenvalue weighted by atomic mass is 9.99. The number of aromatic nitrogens is 3. The predicted molar refractivity (Wildman–Crippen MR) is 146 cm³/mol. The Labute approximate surface area is 238 Å². The van der Waals surface area contributed by atoms with E-state index in [1.807, 2.05) is 17.9 Å². The van der Waals surface area contributed by atoms with Gasteiger partial charge in [0.2, 0.25) is 0 Å². The number of carbonyl (C=O) groups is 2. The molecule has 0 radical (unpaired) electrons. The standard InChI is InChI=1S/C29H24ClF2N5O4/c1-15-13-40-14-25-35-23-10-16(27(38)34-18-2-6-20(7-3-18)41-29(30,31)32)8-21(26(23)37(15)25)17-9-22-24(33-11-17)12-36(28(22)39)19-4-5-19/h2-3,6-11,15,19H,4-5,12-14H2,1H3,(H,34,38)/t15-/m1/s1. The van der Waals surface area contributed by atoms with Crippen LogP contribution in [0.3, 0.4) is 0 Å². The Balaban J connectivity index is 1.28. The van der Waals surface area contributed by atoms with E-state index in [0.29, 0.717) is 47.7 Å². The molecule has 2 amide bonds. The first-order valence-electron chi connectivity index (χ1n) is 13.2. The molecule has 0 spiro atoms. The zero-order valence-electron chi connectivity index (χ0n) is 21.9. The summed E-state index contributed by atoms with van der Waals surface area (Å²) >= 11 is 4.83. The second-order valence-corrected chi connectivity index (χ2v) is 11.0. The molecule has 2 aromatic heterocycles. The topological polar surface area (TPSA) is 98.6 Å². The highest BCUT2D eigenvalue weighted by Gasteiger charge is 2.39. The van der Waals surface area contributed by atoms with Crippen molar-refractivity contribution in [2.24, 2.45) is 0 Å². The largest absolute Gasteiger partial charge is 0.487 e. The van der Waals surface area contributed by atoms with E-state index in [4.69, 9.17) is 21.3 Å². The number of nitrogens with one attached hydrogen (secondary N) is 1. The van der Waals surface area contributed by atoms with Gasteiger partial charge in [0.1, 0.15) is 18.2 Å². The number of pyridine rings is 1. The first kappa shape index (κ1) is 25.8. The summed E-state index contributed by atoms with van der Waals surface area (Å²) in [6, 6.07) is 11.1. The van der Waals surface area contributed by atoms with Crippen LogP contribution in [0.25, 0.3) is 22.2 Å². The highest BCUT2D eigenvalue weighted by atomic mass is 35.5. The van der Waals surface area contributed by atoms with E-state index in [9.17, 15) is 18.4 Å². The summed E-state index contributed by atoms with van der Waals surface area (Å²) in [5.74, 6) is 0.156. The lowest BCUT2D eigenvalue weighted by Gasteiger charge is -2.23. The quantitative estimate of drug-likeness (QED) is 0.293. The lowest BCUT2D eigenvalue weighted by Crippen LogP contribution is -2.25. The van der Waals surface area contributed by atoms with Gasteiger partial charge in [-0.3, -0.25) is 14.6 Å². The molecule has 0 bridgehead atoms. The summed E-state index contributed by atoms with van der Waals surface area (Å²) in [6.07, 6.45) is 3.77. The van der Waals surface area contributed by atoms with Gasteiger partial charge < -0.3 is 24.3 Å². The third-order valence-corrected chi connectivity index (χ3v) is 7.65. The van der Waals surface area contributed by atoms with Crippen molar-refractivity contribution in [2.45, 2.75) is 50.6 Å². The lowest BCUT2D eigenvalue weighted by molar-refractivity contribution is -0.0964. The van der Waals surface area contributed by atoms with Crippen LogP contribution in [0.5, 0.6) is 5.75 Å². The van der Waals surface area contributed by atoms with Gasteiger partial charge in [0.15, 0.2) is 0 Å². The maximum atomic E-state index is 13.4. The number of rotatable bonds is 6. The molecule has 0 unspecified atom stereocenters. The van der Waals surface area contributed by atoms with E-state index in [0.717, 1.165) is 35.4 Å². The van der Waals surface area contributed by atoms with Crippen molar-refractivity contribution in [1.29, 1.82) is 0 Å². The molecule has 2 aromatic carbocycles. The molecule has 1 atom stereocenters. The minimum atomic E-state index is -3.84. The molecule has 12 heteroatoms. The number of fused-ring (bicyclic) bond motifs is 4. The molecule has 3 aliphatic rings. The fourth-order valence-corrected chi connectivity index (χ4v) is 5.66. The van der Waals surface area contributed by atoms with Crippen LogP contribution in [-0.4, -0.2) is 49.5 Å². The number of imidazole rings is 1. The van der Waals surface area contributed by atoms with Gasteiger partial charge in [-0.15, -0.1) is 8.78 Å². The van der Waals surface area contributed by atoms with Gasteiger partial charge in [0.05, 0.1) is 41.5 Å². The second kappa shape index (κ2) is 9.49. The second-order valence-electron chi connectivity index (χ2n) is 10.6. The molecule has 1 saturated carbocycles. The molecule has 1 N–H and O–H groups in total.